The molecule has 0 bridgehead atoms. The second-order valence-corrected chi connectivity index (χ2v) is 5.58. The highest BCUT2D eigenvalue weighted by atomic mass is 19.1. The summed E-state index contributed by atoms with van der Waals surface area (Å²) in [6.07, 6.45) is 3.68. The van der Waals surface area contributed by atoms with E-state index >= 15 is 0 Å². The molecule has 1 N–H and O–H groups in total. The Kier molecular flexibility index (Phi) is 4.54. The number of nitrogens with one attached hydrogen (secondary N) is 1. The van der Waals surface area contributed by atoms with Gasteiger partial charge in [0.15, 0.2) is 0 Å². The van der Waals surface area contributed by atoms with Crippen LogP contribution in [0.25, 0.3) is 0 Å². The van der Waals surface area contributed by atoms with E-state index in [-0.39, 0.29) is 12.2 Å². The van der Waals surface area contributed by atoms with Crippen LogP contribution in [0.2, 0.25) is 0 Å². The van der Waals surface area contributed by atoms with Crippen molar-refractivity contribution in [2.75, 3.05) is 23.3 Å². The maximum atomic E-state index is 13.5. The molecule has 1 aliphatic rings. The van der Waals surface area contributed by atoms with Crippen molar-refractivity contribution >= 4 is 17.3 Å². The van der Waals surface area contributed by atoms with Crippen molar-refractivity contribution in [3.05, 3.63) is 52.5 Å². The summed E-state index contributed by atoms with van der Waals surface area (Å²) in [5, 5.41) is 6.21. The summed E-state index contributed by atoms with van der Waals surface area (Å²) in [6, 6.07) is 4.17. The van der Waals surface area contributed by atoms with Gasteiger partial charge in [0.1, 0.15) is 18.2 Å². The second kappa shape index (κ2) is 6.77. The van der Waals surface area contributed by atoms with Crippen molar-refractivity contribution in [1.82, 2.24) is 9.78 Å². The highest BCUT2D eigenvalue weighted by Crippen LogP contribution is 2.17. The summed E-state index contributed by atoms with van der Waals surface area (Å²) >= 11 is 0. The topological polar surface area (TPSA) is 67.2 Å². The molecule has 0 saturated carbocycles. The molecule has 1 fully saturated rings. The minimum Gasteiger partial charge on any atom is -0.370 e. The third-order valence-corrected chi connectivity index (χ3v) is 3.82. The Labute approximate surface area is 136 Å². The van der Waals surface area contributed by atoms with Gasteiger partial charge in [-0.1, -0.05) is 0 Å². The number of benzene rings is 1. The maximum Gasteiger partial charge on any atom is 0.269 e. The molecular weight excluding hydrogens is 318 g/mol. The molecule has 0 atom stereocenters. The Hall–Kier alpha value is -2.77. The zero-order valence-corrected chi connectivity index (χ0v) is 12.8. The number of anilines is 2. The Morgan fingerprint density at radius 2 is 1.96 bits per heavy atom. The number of aromatic nitrogens is 2. The third kappa shape index (κ3) is 3.58. The Morgan fingerprint density at radius 3 is 2.67 bits per heavy atom. The fourth-order valence-electron chi connectivity index (χ4n) is 2.61. The summed E-state index contributed by atoms with van der Waals surface area (Å²) in [4.78, 5) is 26.1. The van der Waals surface area contributed by atoms with Crippen LogP contribution < -0.4 is 15.8 Å². The minimum absolute atomic E-state index is 0.276. The number of amides is 1. The van der Waals surface area contributed by atoms with Crippen molar-refractivity contribution in [2.45, 2.75) is 19.4 Å². The number of nitrogens with zero attached hydrogens (tertiary/aromatic N) is 3. The summed E-state index contributed by atoms with van der Waals surface area (Å²) in [7, 11) is 0. The molecule has 1 saturated heterocycles. The molecule has 24 heavy (non-hydrogen) atoms. The molecular formula is C16H16F2N4O2. The first-order valence-electron chi connectivity index (χ1n) is 7.60. The average Bonchev–Trinajstić information content (AvgIpc) is 3.07. The van der Waals surface area contributed by atoms with Crippen LogP contribution in [-0.4, -0.2) is 28.8 Å². The maximum absolute atomic E-state index is 13.5. The van der Waals surface area contributed by atoms with Gasteiger partial charge in [-0.2, -0.15) is 5.10 Å². The van der Waals surface area contributed by atoms with Gasteiger partial charge in [0.25, 0.3) is 5.56 Å². The second-order valence-electron chi connectivity index (χ2n) is 5.58. The van der Waals surface area contributed by atoms with Gasteiger partial charge in [-0.25, -0.2) is 13.5 Å². The number of carbonyl (C=O) groups is 1. The van der Waals surface area contributed by atoms with Gasteiger partial charge < -0.3 is 10.2 Å². The Morgan fingerprint density at radius 1 is 1.21 bits per heavy atom. The van der Waals surface area contributed by atoms with Crippen molar-refractivity contribution < 1.29 is 13.6 Å². The summed E-state index contributed by atoms with van der Waals surface area (Å²) in [5.41, 5.74) is 0.0290. The minimum atomic E-state index is -0.755. The first kappa shape index (κ1) is 16.1. The lowest BCUT2D eigenvalue weighted by Crippen LogP contribution is -2.30. The number of halogens is 2. The van der Waals surface area contributed by atoms with Gasteiger partial charge in [-0.15, -0.1) is 0 Å². The van der Waals surface area contributed by atoms with Crippen LogP contribution in [-0.2, 0) is 11.3 Å². The van der Waals surface area contributed by atoms with Gasteiger partial charge in [-0.05, 0) is 25.0 Å². The highest BCUT2D eigenvalue weighted by Gasteiger charge is 2.15. The quantitative estimate of drug-likeness (QED) is 0.925. The molecule has 3 rings (SSSR count). The fourth-order valence-corrected chi connectivity index (χ4v) is 2.61. The molecule has 1 amide bonds. The van der Waals surface area contributed by atoms with Gasteiger partial charge in [0.05, 0.1) is 17.6 Å². The zero-order valence-electron chi connectivity index (χ0n) is 12.8. The van der Waals surface area contributed by atoms with Crippen molar-refractivity contribution in [1.29, 1.82) is 0 Å². The summed E-state index contributed by atoms with van der Waals surface area (Å²) < 4.78 is 27.6. The van der Waals surface area contributed by atoms with Crippen LogP contribution in [0.3, 0.4) is 0 Å². The molecule has 0 unspecified atom stereocenters. The third-order valence-electron chi connectivity index (χ3n) is 3.82. The molecule has 1 aromatic heterocycles. The normalized spacial score (nSPS) is 14.0. The standard InChI is InChI=1S/C16H16F2N4O2/c17-11-3-4-13(18)14(7-11)20-15(23)10-22-16(24)8-12(9-19-22)21-5-1-2-6-21/h3-4,7-9H,1-2,5-6,10H2,(H,20,23). The monoisotopic (exact) mass is 334 g/mol. The number of hydrogen-bond acceptors (Lipinski definition) is 4. The van der Waals surface area contributed by atoms with Crippen LogP contribution in [0.15, 0.2) is 35.3 Å². The van der Waals surface area contributed by atoms with E-state index in [1.165, 1.54) is 12.3 Å². The molecule has 1 aliphatic heterocycles. The van der Waals surface area contributed by atoms with E-state index in [2.05, 4.69) is 15.3 Å². The van der Waals surface area contributed by atoms with Crippen molar-refractivity contribution in [3.63, 3.8) is 0 Å². The van der Waals surface area contributed by atoms with Crippen molar-refractivity contribution in [3.8, 4) is 0 Å². The van der Waals surface area contributed by atoms with Crippen LogP contribution in [0.5, 0.6) is 0 Å². The van der Waals surface area contributed by atoms with Gasteiger partial charge in [-0.3, -0.25) is 9.59 Å². The summed E-state index contributed by atoms with van der Waals surface area (Å²) in [6.45, 7) is 1.38. The van der Waals surface area contributed by atoms with Gasteiger partial charge in [0.2, 0.25) is 5.91 Å². The number of rotatable bonds is 4. The number of carbonyl (C=O) groups excluding carboxylic acids is 1. The molecule has 1 aromatic carbocycles. The molecule has 2 aromatic rings. The van der Waals surface area contributed by atoms with E-state index in [0.29, 0.717) is 0 Å². The summed E-state index contributed by atoms with van der Waals surface area (Å²) in [5.74, 6) is -2.09. The number of hydrogen-bond donors (Lipinski definition) is 1. The molecule has 126 valence electrons. The highest BCUT2D eigenvalue weighted by molar-refractivity contribution is 5.90. The van der Waals surface area contributed by atoms with E-state index in [1.54, 1.807) is 0 Å². The average molecular weight is 334 g/mol. The largest absolute Gasteiger partial charge is 0.370 e. The van der Waals surface area contributed by atoms with Crippen LogP contribution >= 0.6 is 0 Å². The van der Waals surface area contributed by atoms with E-state index in [9.17, 15) is 18.4 Å². The predicted molar refractivity (Wildman–Crippen MR) is 84.9 cm³/mol. The smallest absolute Gasteiger partial charge is 0.269 e. The Balaban J connectivity index is 1.70. The molecule has 0 spiro atoms. The zero-order chi connectivity index (χ0) is 17.1. The molecule has 6 nitrogen and oxygen atoms in total. The van der Waals surface area contributed by atoms with Crippen LogP contribution in [0.1, 0.15) is 12.8 Å². The lowest BCUT2D eigenvalue weighted by atomic mass is 10.3. The van der Waals surface area contributed by atoms with E-state index < -0.39 is 23.1 Å². The van der Waals surface area contributed by atoms with E-state index in [0.717, 1.165) is 54.5 Å². The first-order valence-corrected chi connectivity index (χ1v) is 7.60. The van der Waals surface area contributed by atoms with E-state index in [4.69, 9.17) is 0 Å². The Bertz CT molecular complexity index is 816. The molecule has 8 heteroatoms. The molecule has 0 radical (unpaired) electrons. The van der Waals surface area contributed by atoms with Gasteiger partial charge in [0, 0.05) is 25.2 Å². The van der Waals surface area contributed by atoms with Crippen LogP contribution in [0, 0.1) is 11.6 Å². The molecule has 2 heterocycles. The molecule has 0 aliphatic carbocycles. The van der Waals surface area contributed by atoms with Gasteiger partial charge >= 0.3 is 0 Å². The van der Waals surface area contributed by atoms with Crippen molar-refractivity contribution in [2.24, 2.45) is 0 Å². The fraction of sp³-hybridized carbons (Fsp3) is 0.312. The lowest BCUT2D eigenvalue weighted by Gasteiger charge is -2.17. The van der Waals surface area contributed by atoms with Crippen LogP contribution in [0.4, 0.5) is 20.2 Å². The first-order chi connectivity index (χ1) is 11.5. The lowest BCUT2D eigenvalue weighted by molar-refractivity contribution is -0.117. The predicted octanol–water partition coefficient (Wildman–Crippen LogP) is 1.76. The van der Waals surface area contributed by atoms with E-state index in [1.807, 2.05) is 0 Å². The SMILES string of the molecule is O=C(Cn1ncc(N2CCCC2)cc1=O)Nc1cc(F)ccc1F.